The van der Waals surface area contributed by atoms with Crippen molar-refractivity contribution in [1.82, 2.24) is 5.32 Å². The minimum Gasteiger partial charge on any atom is -0.491 e. The molecule has 1 aromatic carbocycles. The third kappa shape index (κ3) is 8.43. The number of aryl methyl sites for hydroxylation is 1. The Kier molecular flexibility index (Phi) is 11.9. The molecule has 0 spiro atoms. The number of guanidine groups is 1. The van der Waals surface area contributed by atoms with E-state index in [0.717, 1.165) is 36.3 Å². The van der Waals surface area contributed by atoms with Gasteiger partial charge in [0.2, 0.25) is 0 Å². The molecule has 126 valence electrons. The van der Waals surface area contributed by atoms with Crippen LogP contribution in [0.3, 0.4) is 0 Å². The number of nitrogens with one attached hydrogen (secondary N) is 1. The summed E-state index contributed by atoms with van der Waals surface area (Å²) < 4.78 is 10.7. The van der Waals surface area contributed by atoms with E-state index in [-0.39, 0.29) is 24.0 Å². The molecule has 0 radical (unpaired) electrons. The highest BCUT2D eigenvalue weighted by Gasteiger charge is 2.04. The van der Waals surface area contributed by atoms with Gasteiger partial charge in [-0.25, -0.2) is 4.99 Å². The van der Waals surface area contributed by atoms with Crippen molar-refractivity contribution >= 4 is 29.9 Å². The van der Waals surface area contributed by atoms with Gasteiger partial charge in [0.05, 0.1) is 13.2 Å². The fraction of sp³-hybridized carbons (Fsp3) is 0.562. The van der Waals surface area contributed by atoms with Crippen LogP contribution in [0.5, 0.6) is 5.75 Å². The predicted molar refractivity (Wildman–Crippen MR) is 102 cm³/mol. The molecule has 6 heteroatoms. The van der Waals surface area contributed by atoms with Crippen LogP contribution in [0.25, 0.3) is 0 Å². The average Bonchev–Trinajstić information content (AvgIpc) is 2.47. The summed E-state index contributed by atoms with van der Waals surface area (Å²) in [6.45, 7) is 6.64. The molecule has 1 rings (SSSR count). The lowest BCUT2D eigenvalue weighted by atomic mass is 10.1. The molecule has 0 aliphatic heterocycles. The summed E-state index contributed by atoms with van der Waals surface area (Å²) >= 11 is 0. The van der Waals surface area contributed by atoms with Crippen LogP contribution in [0.2, 0.25) is 0 Å². The fourth-order valence-corrected chi connectivity index (χ4v) is 1.78. The van der Waals surface area contributed by atoms with Crippen molar-refractivity contribution in [2.24, 2.45) is 10.7 Å². The Hall–Kier alpha value is -1.02. The van der Waals surface area contributed by atoms with Gasteiger partial charge in [-0.2, -0.15) is 0 Å². The Balaban J connectivity index is 0.00000441. The van der Waals surface area contributed by atoms with Gasteiger partial charge in [0.1, 0.15) is 12.4 Å². The van der Waals surface area contributed by atoms with E-state index in [1.165, 1.54) is 0 Å². The lowest BCUT2D eigenvalue weighted by Gasteiger charge is -2.11. The van der Waals surface area contributed by atoms with E-state index in [4.69, 9.17) is 15.2 Å². The van der Waals surface area contributed by atoms with Crippen LogP contribution in [0, 0.1) is 6.92 Å². The van der Waals surface area contributed by atoms with E-state index in [1.54, 1.807) is 7.11 Å². The summed E-state index contributed by atoms with van der Waals surface area (Å²) in [5, 5.41) is 3.10. The number of benzene rings is 1. The van der Waals surface area contributed by atoms with Gasteiger partial charge in [0, 0.05) is 19.2 Å². The fourth-order valence-electron chi connectivity index (χ4n) is 1.78. The molecular weight excluding hydrogens is 393 g/mol. The van der Waals surface area contributed by atoms with Crippen molar-refractivity contribution < 1.29 is 9.47 Å². The highest BCUT2D eigenvalue weighted by atomic mass is 127. The topological polar surface area (TPSA) is 68.9 Å². The van der Waals surface area contributed by atoms with Crippen LogP contribution in [0.15, 0.2) is 23.2 Å². The van der Waals surface area contributed by atoms with Crippen molar-refractivity contribution in [3.05, 3.63) is 29.3 Å². The number of hydrogen-bond donors (Lipinski definition) is 2. The highest BCUT2D eigenvalue weighted by molar-refractivity contribution is 14.0. The number of nitrogens with zero attached hydrogens (tertiary/aromatic N) is 1. The molecule has 0 atom stereocenters. The summed E-state index contributed by atoms with van der Waals surface area (Å²) in [5.74, 6) is 1.32. The van der Waals surface area contributed by atoms with E-state index >= 15 is 0 Å². The van der Waals surface area contributed by atoms with Crippen LogP contribution < -0.4 is 15.8 Å². The van der Waals surface area contributed by atoms with E-state index in [1.807, 2.05) is 19.1 Å². The second-order valence-corrected chi connectivity index (χ2v) is 4.93. The maximum atomic E-state index is 5.84. The number of halogens is 1. The van der Waals surface area contributed by atoms with Crippen LogP contribution in [-0.2, 0) is 11.3 Å². The van der Waals surface area contributed by atoms with E-state index in [2.05, 4.69) is 23.3 Å². The number of aliphatic imine (C=N–C) groups is 1. The Morgan fingerprint density at radius 1 is 1.32 bits per heavy atom. The monoisotopic (exact) mass is 421 g/mol. The average molecular weight is 421 g/mol. The van der Waals surface area contributed by atoms with Gasteiger partial charge in [-0.3, -0.25) is 0 Å². The molecule has 0 bridgehead atoms. The van der Waals surface area contributed by atoms with Crippen molar-refractivity contribution in [3.8, 4) is 5.75 Å². The van der Waals surface area contributed by atoms with Gasteiger partial charge in [-0.05, 0) is 25.0 Å². The van der Waals surface area contributed by atoms with Crippen LogP contribution in [0.4, 0.5) is 0 Å². The van der Waals surface area contributed by atoms with Crippen LogP contribution in [-0.4, -0.2) is 32.8 Å². The lowest BCUT2D eigenvalue weighted by molar-refractivity contribution is 0.146. The third-order valence-electron chi connectivity index (χ3n) is 3.02. The molecule has 22 heavy (non-hydrogen) atoms. The van der Waals surface area contributed by atoms with Gasteiger partial charge >= 0.3 is 0 Å². The lowest BCUT2D eigenvalue weighted by Crippen LogP contribution is -2.32. The number of hydrogen-bond acceptors (Lipinski definition) is 3. The third-order valence-corrected chi connectivity index (χ3v) is 3.02. The summed E-state index contributed by atoms with van der Waals surface area (Å²) in [7, 11) is 1.66. The predicted octanol–water partition coefficient (Wildman–Crippen LogP) is 2.84. The molecule has 0 heterocycles. The minimum atomic E-state index is 0. The highest BCUT2D eigenvalue weighted by Crippen LogP contribution is 2.21. The van der Waals surface area contributed by atoms with Gasteiger partial charge in [0.15, 0.2) is 5.96 Å². The van der Waals surface area contributed by atoms with E-state index in [0.29, 0.717) is 25.7 Å². The largest absolute Gasteiger partial charge is 0.491 e. The van der Waals surface area contributed by atoms with Crippen molar-refractivity contribution in [3.63, 3.8) is 0 Å². The number of rotatable bonds is 9. The smallest absolute Gasteiger partial charge is 0.188 e. The first-order valence-electron chi connectivity index (χ1n) is 7.42. The molecule has 0 saturated heterocycles. The standard InChI is InChI=1S/C16H27N3O2.HI/c1-4-5-8-18-16(17)19-12-14-7-6-13(2)11-15(14)21-10-9-20-3;/h6-7,11H,4-5,8-10,12H2,1-3H3,(H3,17,18,19);1H. The molecule has 0 fully saturated rings. The summed E-state index contributed by atoms with van der Waals surface area (Å²) in [5.41, 5.74) is 8.02. The zero-order valence-corrected chi connectivity index (χ0v) is 16.1. The first-order valence-corrected chi connectivity index (χ1v) is 7.42. The maximum absolute atomic E-state index is 5.84. The van der Waals surface area contributed by atoms with Crippen molar-refractivity contribution in [1.29, 1.82) is 0 Å². The first kappa shape index (κ1) is 21.0. The molecule has 0 saturated carbocycles. The molecule has 0 amide bonds. The first-order chi connectivity index (χ1) is 10.2. The van der Waals surface area contributed by atoms with Gasteiger partial charge in [0.25, 0.3) is 0 Å². The minimum absolute atomic E-state index is 0. The molecule has 3 N–H and O–H groups in total. The molecule has 0 aliphatic carbocycles. The normalized spacial score (nSPS) is 11.0. The quantitative estimate of drug-likeness (QED) is 0.279. The van der Waals surface area contributed by atoms with Gasteiger partial charge < -0.3 is 20.5 Å². The van der Waals surface area contributed by atoms with Crippen LogP contribution >= 0.6 is 24.0 Å². The Morgan fingerprint density at radius 3 is 2.77 bits per heavy atom. The van der Waals surface area contributed by atoms with Crippen molar-refractivity contribution in [2.75, 3.05) is 26.9 Å². The zero-order chi connectivity index (χ0) is 15.5. The number of unbranched alkanes of at least 4 members (excludes halogenated alkanes) is 1. The Morgan fingerprint density at radius 2 is 2.09 bits per heavy atom. The van der Waals surface area contributed by atoms with E-state index in [9.17, 15) is 0 Å². The number of methoxy groups -OCH3 is 1. The maximum Gasteiger partial charge on any atom is 0.188 e. The Bertz CT molecular complexity index is 453. The second-order valence-electron chi connectivity index (χ2n) is 4.93. The number of nitrogens with two attached hydrogens (primary N) is 1. The van der Waals surface area contributed by atoms with Crippen LogP contribution in [0.1, 0.15) is 30.9 Å². The molecular formula is C16H28IN3O2. The number of ether oxygens (including phenoxy) is 2. The molecule has 0 unspecified atom stereocenters. The molecule has 0 aromatic heterocycles. The molecule has 1 aromatic rings. The second kappa shape index (κ2) is 12.5. The summed E-state index contributed by atoms with van der Waals surface area (Å²) in [4.78, 5) is 4.36. The summed E-state index contributed by atoms with van der Waals surface area (Å²) in [6, 6.07) is 6.09. The van der Waals surface area contributed by atoms with Crippen molar-refractivity contribution in [2.45, 2.75) is 33.2 Å². The SMILES string of the molecule is CCCCNC(N)=NCc1ccc(C)cc1OCCOC.I. The van der Waals surface area contributed by atoms with E-state index < -0.39 is 0 Å². The zero-order valence-electron chi connectivity index (χ0n) is 13.7. The van der Waals surface area contributed by atoms with Gasteiger partial charge in [-0.15, -0.1) is 24.0 Å². The van der Waals surface area contributed by atoms with Gasteiger partial charge in [-0.1, -0.05) is 25.5 Å². The summed E-state index contributed by atoms with van der Waals surface area (Å²) in [6.07, 6.45) is 2.22. The molecule has 5 nitrogen and oxygen atoms in total. The Labute approximate surface area is 150 Å². The molecule has 0 aliphatic rings.